The molecule has 0 bridgehead atoms. The van der Waals surface area contributed by atoms with Crippen LogP contribution >= 0.6 is 11.6 Å². The van der Waals surface area contributed by atoms with Gasteiger partial charge in [0.2, 0.25) is 5.91 Å². The number of hydrogen-bond acceptors (Lipinski definition) is 3. The van der Waals surface area contributed by atoms with Crippen molar-refractivity contribution >= 4 is 39.3 Å². The summed E-state index contributed by atoms with van der Waals surface area (Å²) in [4.78, 5) is 17.3. The summed E-state index contributed by atoms with van der Waals surface area (Å²) in [5.74, 6) is 1.79. The van der Waals surface area contributed by atoms with Gasteiger partial charge in [0.1, 0.15) is 11.6 Å². The Balaban J connectivity index is 1.18. The molecular formula is C30H28ClN3O2. The second-order valence-electron chi connectivity index (χ2n) is 8.75. The maximum Gasteiger partial charge on any atom is 0.224 e. The van der Waals surface area contributed by atoms with Gasteiger partial charge in [0.25, 0.3) is 0 Å². The number of carbonyl (C=O) groups is 1. The molecule has 0 aliphatic rings. The molecule has 36 heavy (non-hydrogen) atoms. The number of para-hydroxylation sites is 2. The third kappa shape index (κ3) is 5.69. The van der Waals surface area contributed by atoms with Gasteiger partial charge in [0.15, 0.2) is 0 Å². The highest BCUT2D eigenvalue weighted by Gasteiger charge is 2.12. The summed E-state index contributed by atoms with van der Waals surface area (Å²) in [7, 11) is 0. The van der Waals surface area contributed by atoms with Crippen molar-refractivity contribution in [1.82, 2.24) is 14.9 Å². The minimum atomic E-state index is -0.0467. The summed E-state index contributed by atoms with van der Waals surface area (Å²) in [5.41, 5.74) is 2.89. The average Bonchev–Trinajstić information content (AvgIpc) is 3.25. The lowest BCUT2D eigenvalue weighted by Gasteiger charge is -2.11. The molecule has 5 nitrogen and oxygen atoms in total. The summed E-state index contributed by atoms with van der Waals surface area (Å²) < 4.78 is 8.28. The molecule has 0 aliphatic carbocycles. The van der Waals surface area contributed by atoms with E-state index in [9.17, 15) is 4.79 Å². The van der Waals surface area contributed by atoms with Gasteiger partial charge in [-0.1, -0.05) is 72.3 Å². The van der Waals surface area contributed by atoms with E-state index in [1.807, 2.05) is 54.6 Å². The van der Waals surface area contributed by atoms with E-state index in [2.05, 4.69) is 40.2 Å². The van der Waals surface area contributed by atoms with E-state index in [4.69, 9.17) is 21.3 Å². The number of benzene rings is 4. The molecule has 0 fully saturated rings. The molecule has 6 heteroatoms. The summed E-state index contributed by atoms with van der Waals surface area (Å²) >= 11 is 6.19. The van der Waals surface area contributed by atoms with Crippen molar-refractivity contribution in [3.8, 4) is 5.75 Å². The zero-order valence-corrected chi connectivity index (χ0v) is 20.7. The summed E-state index contributed by atoms with van der Waals surface area (Å²) in [6.45, 7) is 1.91. The molecule has 0 saturated carbocycles. The van der Waals surface area contributed by atoms with Gasteiger partial charge < -0.3 is 14.6 Å². The Morgan fingerprint density at radius 3 is 2.58 bits per heavy atom. The van der Waals surface area contributed by atoms with Crippen LogP contribution in [0.1, 0.15) is 17.8 Å². The Morgan fingerprint density at radius 1 is 0.917 bits per heavy atom. The molecule has 5 rings (SSSR count). The number of imidazole rings is 1. The largest absolute Gasteiger partial charge is 0.494 e. The van der Waals surface area contributed by atoms with Gasteiger partial charge in [-0.25, -0.2) is 4.98 Å². The quantitative estimate of drug-likeness (QED) is 0.233. The van der Waals surface area contributed by atoms with E-state index in [0.29, 0.717) is 24.6 Å². The van der Waals surface area contributed by atoms with Crippen molar-refractivity contribution in [3.63, 3.8) is 0 Å². The van der Waals surface area contributed by atoms with E-state index in [1.165, 1.54) is 10.8 Å². The maximum atomic E-state index is 12.4. The molecule has 0 atom stereocenters. The highest BCUT2D eigenvalue weighted by molar-refractivity contribution is 6.31. The second kappa shape index (κ2) is 11.3. The van der Waals surface area contributed by atoms with Crippen LogP contribution in [-0.2, 0) is 24.2 Å². The van der Waals surface area contributed by atoms with E-state index >= 15 is 0 Å². The smallest absolute Gasteiger partial charge is 0.224 e. The summed E-state index contributed by atoms with van der Waals surface area (Å²) in [6.07, 6.45) is 1.76. The molecule has 1 amide bonds. The number of halogens is 1. The number of rotatable bonds is 10. The topological polar surface area (TPSA) is 56.2 Å². The van der Waals surface area contributed by atoms with Gasteiger partial charge in [0, 0.05) is 24.5 Å². The molecule has 4 aromatic carbocycles. The van der Waals surface area contributed by atoms with E-state index < -0.39 is 0 Å². The van der Waals surface area contributed by atoms with E-state index in [0.717, 1.165) is 41.1 Å². The van der Waals surface area contributed by atoms with Crippen LogP contribution in [-0.4, -0.2) is 28.6 Å². The van der Waals surface area contributed by atoms with Crippen LogP contribution in [0.2, 0.25) is 5.02 Å². The molecule has 1 aromatic heterocycles. The predicted molar refractivity (Wildman–Crippen MR) is 146 cm³/mol. The van der Waals surface area contributed by atoms with E-state index in [1.54, 1.807) is 6.07 Å². The lowest BCUT2D eigenvalue weighted by Crippen LogP contribution is -2.28. The van der Waals surface area contributed by atoms with Gasteiger partial charge in [-0.15, -0.1) is 0 Å². The van der Waals surface area contributed by atoms with Crippen LogP contribution in [0.15, 0.2) is 91.0 Å². The Hall–Kier alpha value is -3.83. The van der Waals surface area contributed by atoms with Crippen molar-refractivity contribution in [2.24, 2.45) is 0 Å². The SMILES string of the molecule is O=C(Cc1ccccc1Cl)NCCc1nc2ccccc2n1CCCOc1ccc2ccccc2c1. The minimum absolute atomic E-state index is 0.0467. The van der Waals surface area contributed by atoms with Crippen molar-refractivity contribution in [1.29, 1.82) is 0 Å². The van der Waals surface area contributed by atoms with Gasteiger partial charge in [-0.2, -0.15) is 0 Å². The fraction of sp³-hybridized carbons (Fsp3) is 0.200. The highest BCUT2D eigenvalue weighted by atomic mass is 35.5. The standard InChI is InChI=1S/C30H28ClN3O2/c31-26-11-4-3-10-24(26)21-30(35)32-17-16-29-33-27-12-5-6-13-28(27)34(29)18-7-19-36-25-15-14-22-8-1-2-9-23(22)20-25/h1-6,8-15,20H,7,16-19,21H2,(H,32,35). The van der Waals surface area contributed by atoms with E-state index in [-0.39, 0.29) is 12.3 Å². The number of nitrogens with one attached hydrogen (secondary N) is 1. The molecule has 1 N–H and O–H groups in total. The molecule has 0 saturated heterocycles. The monoisotopic (exact) mass is 497 g/mol. The van der Waals surface area contributed by atoms with Gasteiger partial charge in [-0.3, -0.25) is 4.79 Å². The third-order valence-electron chi connectivity index (χ3n) is 6.23. The molecule has 5 aromatic rings. The molecule has 0 aliphatic heterocycles. The first kappa shape index (κ1) is 23.9. The first-order chi connectivity index (χ1) is 17.7. The Bertz CT molecular complexity index is 1490. The number of ether oxygens (including phenoxy) is 1. The maximum absolute atomic E-state index is 12.4. The minimum Gasteiger partial charge on any atom is -0.494 e. The number of aromatic nitrogens is 2. The lowest BCUT2D eigenvalue weighted by molar-refractivity contribution is -0.120. The lowest BCUT2D eigenvalue weighted by atomic mass is 10.1. The van der Waals surface area contributed by atoms with Gasteiger partial charge in [-0.05, 0) is 53.1 Å². The predicted octanol–water partition coefficient (Wildman–Crippen LogP) is 6.21. The fourth-order valence-electron chi connectivity index (χ4n) is 4.43. The van der Waals surface area contributed by atoms with Crippen molar-refractivity contribution < 1.29 is 9.53 Å². The van der Waals surface area contributed by atoms with Crippen LogP contribution in [0.5, 0.6) is 5.75 Å². The highest BCUT2D eigenvalue weighted by Crippen LogP contribution is 2.21. The second-order valence-corrected chi connectivity index (χ2v) is 9.15. The number of fused-ring (bicyclic) bond motifs is 2. The molecule has 0 unspecified atom stereocenters. The Morgan fingerprint density at radius 2 is 1.69 bits per heavy atom. The van der Waals surface area contributed by atoms with Crippen molar-refractivity contribution in [3.05, 3.63) is 107 Å². The number of aryl methyl sites for hydroxylation is 1. The first-order valence-electron chi connectivity index (χ1n) is 12.2. The average molecular weight is 498 g/mol. The van der Waals surface area contributed by atoms with Crippen LogP contribution in [0.3, 0.4) is 0 Å². The number of nitrogens with zero attached hydrogens (tertiary/aromatic N) is 2. The fourth-order valence-corrected chi connectivity index (χ4v) is 4.63. The normalized spacial score (nSPS) is 11.1. The summed E-state index contributed by atoms with van der Waals surface area (Å²) in [6, 6.07) is 30.0. The molecule has 0 spiro atoms. The number of carbonyl (C=O) groups excluding carboxylic acids is 1. The molecule has 182 valence electrons. The summed E-state index contributed by atoms with van der Waals surface area (Å²) in [5, 5.41) is 6.00. The molecule has 1 heterocycles. The van der Waals surface area contributed by atoms with Crippen LogP contribution < -0.4 is 10.1 Å². The Kier molecular flexibility index (Phi) is 7.48. The van der Waals surface area contributed by atoms with Crippen LogP contribution in [0.4, 0.5) is 0 Å². The van der Waals surface area contributed by atoms with Gasteiger partial charge >= 0.3 is 0 Å². The van der Waals surface area contributed by atoms with Crippen molar-refractivity contribution in [2.75, 3.05) is 13.2 Å². The van der Waals surface area contributed by atoms with Crippen molar-refractivity contribution in [2.45, 2.75) is 25.8 Å². The first-order valence-corrected chi connectivity index (χ1v) is 12.6. The number of hydrogen-bond donors (Lipinski definition) is 1. The Labute approximate surface area is 215 Å². The molecular weight excluding hydrogens is 470 g/mol. The zero-order chi connectivity index (χ0) is 24.7. The zero-order valence-electron chi connectivity index (χ0n) is 20.0. The number of amides is 1. The van der Waals surface area contributed by atoms with Crippen LogP contribution in [0, 0.1) is 0 Å². The molecule has 0 radical (unpaired) electrons. The van der Waals surface area contributed by atoms with Gasteiger partial charge in [0.05, 0.1) is 24.1 Å². The van der Waals surface area contributed by atoms with Crippen LogP contribution in [0.25, 0.3) is 21.8 Å². The third-order valence-corrected chi connectivity index (χ3v) is 6.60.